The van der Waals surface area contributed by atoms with Crippen LogP contribution in [0.3, 0.4) is 0 Å². The summed E-state index contributed by atoms with van der Waals surface area (Å²) in [6.45, 7) is 1.95. The van der Waals surface area contributed by atoms with Gasteiger partial charge in [0.25, 0.3) is 0 Å². The Morgan fingerprint density at radius 3 is 2.56 bits per heavy atom. The molecule has 32 heavy (non-hydrogen) atoms. The highest BCUT2D eigenvalue weighted by molar-refractivity contribution is 8.04. The molecule has 5 rings (SSSR count). The Kier molecular flexibility index (Phi) is 5.29. The van der Waals surface area contributed by atoms with E-state index < -0.39 is 23.3 Å². The van der Waals surface area contributed by atoms with Crippen molar-refractivity contribution in [3.63, 3.8) is 0 Å². The minimum atomic E-state index is -0.479. The second-order valence-electron chi connectivity index (χ2n) is 8.56. The van der Waals surface area contributed by atoms with Gasteiger partial charge in [-0.3, -0.25) is 9.59 Å². The van der Waals surface area contributed by atoms with Gasteiger partial charge in [0, 0.05) is 22.9 Å². The number of benzene rings is 2. The molecule has 7 heteroatoms. The topological polar surface area (TPSA) is 81.7 Å². The molecule has 2 aromatic rings. The van der Waals surface area contributed by atoms with Crippen LogP contribution in [0.4, 0.5) is 4.79 Å². The van der Waals surface area contributed by atoms with Crippen LogP contribution in [-0.2, 0) is 9.53 Å². The monoisotopic (exact) mass is 449 g/mol. The van der Waals surface area contributed by atoms with Gasteiger partial charge in [-0.15, -0.1) is 11.8 Å². The molecule has 1 saturated carbocycles. The van der Waals surface area contributed by atoms with E-state index in [2.05, 4.69) is 5.32 Å². The average molecular weight is 450 g/mol. The molecule has 1 amide bonds. The van der Waals surface area contributed by atoms with Gasteiger partial charge in [-0.05, 0) is 50.3 Å². The molecule has 2 aliphatic carbocycles. The molecule has 0 bridgehead atoms. The van der Waals surface area contributed by atoms with Crippen molar-refractivity contribution in [3.05, 3.63) is 70.1 Å². The number of rotatable bonds is 2. The normalized spacial score (nSPS) is 24.5. The lowest BCUT2D eigenvalue weighted by molar-refractivity contribution is -0.111. The molecule has 2 aromatic carbocycles. The van der Waals surface area contributed by atoms with Crippen LogP contribution in [0, 0.1) is 6.92 Å². The zero-order valence-corrected chi connectivity index (χ0v) is 18.5. The Hall–Kier alpha value is -3.06. The van der Waals surface area contributed by atoms with E-state index in [4.69, 9.17) is 9.47 Å². The molecule has 1 aliphatic heterocycles. The van der Waals surface area contributed by atoms with Gasteiger partial charge in [-0.25, -0.2) is 4.79 Å². The Balaban J connectivity index is 1.25. The van der Waals surface area contributed by atoms with E-state index in [0.29, 0.717) is 33.3 Å². The lowest BCUT2D eigenvalue weighted by Gasteiger charge is -2.44. The standard InChI is InChI=1S/C25H23NO5S/c1-15-5-4-6-17(13-15)30-24(29)26-16-9-11-25(12-10-16)14-32-23-21(28)20(27)18-7-2-3-8-19(18)22(23)31-25/h2-8,13,16H,9-12,14H2,1H3,(H,26,29). The van der Waals surface area contributed by atoms with Gasteiger partial charge in [-0.2, -0.15) is 0 Å². The summed E-state index contributed by atoms with van der Waals surface area (Å²) in [7, 11) is 0. The molecule has 1 heterocycles. The van der Waals surface area contributed by atoms with Gasteiger partial charge >= 0.3 is 6.09 Å². The highest BCUT2D eigenvalue weighted by Gasteiger charge is 2.46. The van der Waals surface area contributed by atoms with Crippen molar-refractivity contribution in [2.75, 3.05) is 5.75 Å². The van der Waals surface area contributed by atoms with Gasteiger partial charge < -0.3 is 14.8 Å². The van der Waals surface area contributed by atoms with E-state index >= 15 is 0 Å². The Labute approximate surface area is 190 Å². The summed E-state index contributed by atoms with van der Waals surface area (Å²) in [4.78, 5) is 37.7. The minimum Gasteiger partial charge on any atom is -0.484 e. The molecule has 0 unspecified atom stereocenters. The first kappa shape index (κ1) is 20.8. The fourth-order valence-electron chi connectivity index (χ4n) is 4.53. The number of amides is 1. The Morgan fingerprint density at radius 1 is 1.06 bits per heavy atom. The first-order valence-electron chi connectivity index (χ1n) is 10.7. The summed E-state index contributed by atoms with van der Waals surface area (Å²) in [5.41, 5.74) is 1.72. The molecular formula is C25H23NO5S. The summed E-state index contributed by atoms with van der Waals surface area (Å²) in [5.74, 6) is 0.732. The van der Waals surface area contributed by atoms with Gasteiger partial charge in [-0.1, -0.05) is 36.4 Å². The zero-order valence-electron chi connectivity index (χ0n) is 17.7. The highest BCUT2D eigenvalue weighted by atomic mass is 32.2. The molecule has 0 saturated heterocycles. The molecule has 6 nitrogen and oxygen atoms in total. The first-order valence-corrected chi connectivity index (χ1v) is 11.7. The Morgan fingerprint density at radius 2 is 1.81 bits per heavy atom. The number of aryl methyl sites for hydroxylation is 1. The maximum atomic E-state index is 12.6. The predicted molar refractivity (Wildman–Crippen MR) is 122 cm³/mol. The van der Waals surface area contributed by atoms with Crippen molar-refractivity contribution in [1.29, 1.82) is 0 Å². The van der Waals surface area contributed by atoms with Crippen molar-refractivity contribution in [3.8, 4) is 5.75 Å². The second kappa shape index (κ2) is 8.13. The van der Waals surface area contributed by atoms with Gasteiger partial charge in [0.1, 0.15) is 22.0 Å². The van der Waals surface area contributed by atoms with E-state index in [0.717, 1.165) is 31.2 Å². The summed E-state index contributed by atoms with van der Waals surface area (Å²) in [6, 6.07) is 14.5. The van der Waals surface area contributed by atoms with E-state index in [1.807, 2.05) is 37.3 Å². The van der Waals surface area contributed by atoms with Crippen molar-refractivity contribution in [1.82, 2.24) is 5.32 Å². The fourth-order valence-corrected chi connectivity index (χ4v) is 5.79. The first-order chi connectivity index (χ1) is 15.4. The highest BCUT2D eigenvalue weighted by Crippen LogP contribution is 2.48. The number of hydrogen-bond acceptors (Lipinski definition) is 6. The summed E-state index contributed by atoms with van der Waals surface area (Å²) >= 11 is 1.42. The van der Waals surface area contributed by atoms with Crippen LogP contribution in [0.1, 0.15) is 47.2 Å². The lowest BCUT2D eigenvalue weighted by atomic mass is 9.82. The Bertz CT molecular complexity index is 1150. The molecule has 1 fully saturated rings. The number of thioether (sulfide) groups is 1. The summed E-state index contributed by atoms with van der Waals surface area (Å²) in [6.07, 6.45) is 2.54. The third-order valence-corrected chi connectivity index (χ3v) is 7.58. The maximum absolute atomic E-state index is 12.6. The molecule has 1 N–H and O–H groups in total. The van der Waals surface area contributed by atoms with Crippen LogP contribution < -0.4 is 10.1 Å². The quantitative estimate of drug-likeness (QED) is 0.672. The third kappa shape index (κ3) is 3.81. The number of allylic oxidation sites excluding steroid dienone is 1. The van der Waals surface area contributed by atoms with E-state index in [1.165, 1.54) is 11.8 Å². The maximum Gasteiger partial charge on any atom is 0.412 e. The predicted octanol–water partition coefficient (Wildman–Crippen LogP) is 4.66. The SMILES string of the molecule is Cc1cccc(OC(=O)NC2CCC3(CC2)CSC2=C(O3)c3ccccc3C(=O)C2=O)c1. The van der Waals surface area contributed by atoms with Gasteiger partial charge in [0.05, 0.1) is 0 Å². The fraction of sp³-hybridized carbons (Fsp3) is 0.320. The second-order valence-corrected chi connectivity index (χ2v) is 9.55. The van der Waals surface area contributed by atoms with E-state index in [1.54, 1.807) is 18.2 Å². The van der Waals surface area contributed by atoms with Crippen molar-refractivity contribution >= 4 is 35.2 Å². The molecule has 0 atom stereocenters. The number of ketones is 2. The van der Waals surface area contributed by atoms with Gasteiger partial charge in [0.15, 0.2) is 0 Å². The van der Waals surface area contributed by atoms with Crippen LogP contribution in [0.15, 0.2) is 53.4 Å². The van der Waals surface area contributed by atoms with Crippen LogP contribution >= 0.6 is 11.8 Å². The average Bonchev–Trinajstić information content (AvgIpc) is 2.79. The molecule has 1 spiro atoms. The molecule has 3 aliphatic rings. The summed E-state index contributed by atoms with van der Waals surface area (Å²) < 4.78 is 11.9. The number of ether oxygens (including phenoxy) is 2. The smallest absolute Gasteiger partial charge is 0.412 e. The van der Waals surface area contributed by atoms with E-state index in [9.17, 15) is 14.4 Å². The van der Waals surface area contributed by atoms with Crippen molar-refractivity contribution in [2.24, 2.45) is 0 Å². The van der Waals surface area contributed by atoms with Gasteiger partial charge in [0.2, 0.25) is 11.6 Å². The van der Waals surface area contributed by atoms with Crippen molar-refractivity contribution < 1.29 is 23.9 Å². The van der Waals surface area contributed by atoms with Crippen LogP contribution in [-0.4, -0.2) is 35.1 Å². The molecular weight excluding hydrogens is 426 g/mol. The van der Waals surface area contributed by atoms with Crippen LogP contribution in [0.5, 0.6) is 5.75 Å². The number of nitrogens with one attached hydrogen (secondary N) is 1. The minimum absolute atomic E-state index is 0.00348. The summed E-state index contributed by atoms with van der Waals surface area (Å²) in [5, 5.41) is 2.96. The number of hydrogen-bond donors (Lipinski definition) is 1. The number of fused-ring (bicyclic) bond motifs is 2. The lowest BCUT2D eigenvalue weighted by Crippen LogP contribution is -2.48. The largest absolute Gasteiger partial charge is 0.484 e. The van der Waals surface area contributed by atoms with Crippen molar-refractivity contribution in [2.45, 2.75) is 44.2 Å². The third-order valence-electron chi connectivity index (χ3n) is 6.25. The van der Waals surface area contributed by atoms with E-state index in [-0.39, 0.29) is 6.04 Å². The molecule has 0 radical (unpaired) electrons. The number of Topliss-reactive ketones (excluding diaryl/α,β-unsaturated/α-hetero) is 2. The number of carbonyl (C=O) groups is 3. The molecule has 164 valence electrons. The van der Waals surface area contributed by atoms with Crippen LogP contribution in [0.25, 0.3) is 5.76 Å². The molecule has 0 aromatic heterocycles. The van der Waals surface area contributed by atoms with Crippen LogP contribution in [0.2, 0.25) is 0 Å². The number of carbonyl (C=O) groups excluding carboxylic acids is 3. The zero-order chi connectivity index (χ0) is 22.3.